The molecule has 0 amide bonds. The van der Waals surface area contributed by atoms with Crippen LogP contribution < -0.4 is 10.9 Å². The zero-order valence-corrected chi connectivity index (χ0v) is 10.9. The molecule has 17 heavy (non-hydrogen) atoms. The average molecular weight is 343 g/mol. The number of phenols is 1. The molecule has 1 aromatic carbocycles. The predicted molar refractivity (Wildman–Crippen MR) is 73.0 cm³/mol. The van der Waals surface area contributed by atoms with E-state index in [2.05, 4.69) is 15.3 Å². The van der Waals surface area contributed by atoms with Crippen molar-refractivity contribution in [1.29, 1.82) is 0 Å². The summed E-state index contributed by atoms with van der Waals surface area (Å²) in [6.07, 6.45) is 1.34. The Bertz CT molecular complexity index is 583. The highest BCUT2D eigenvalue weighted by molar-refractivity contribution is 14.1. The van der Waals surface area contributed by atoms with Crippen LogP contribution in [0.3, 0.4) is 0 Å². The van der Waals surface area contributed by atoms with Crippen molar-refractivity contribution in [3.63, 3.8) is 0 Å². The molecule has 0 fully saturated rings. The molecule has 0 unspecified atom stereocenters. The molecule has 2 aromatic rings. The molecule has 3 N–H and O–H groups in total. The lowest BCUT2D eigenvalue weighted by molar-refractivity contribution is 0.469. The number of halogens is 1. The first-order chi connectivity index (χ1) is 8.18. The third-order valence-electron chi connectivity index (χ3n) is 2.23. The third kappa shape index (κ3) is 2.76. The van der Waals surface area contributed by atoms with E-state index in [-0.39, 0.29) is 11.3 Å². The summed E-state index contributed by atoms with van der Waals surface area (Å²) >= 11 is 1.93. The van der Waals surface area contributed by atoms with E-state index in [9.17, 15) is 9.90 Å². The molecule has 0 atom stereocenters. The fourth-order valence-electron chi connectivity index (χ4n) is 1.35. The van der Waals surface area contributed by atoms with Gasteiger partial charge in [0.25, 0.3) is 5.56 Å². The molecule has 0 radical (unpaired) electrons. The fourth-order valence-corrected chi connectivity index (χ4v) is 1.83. The first-order valence-electron chi connectivity index (χ1n) is 4.92. The molecule has 6 heteroatoms. The highest BCUT2D eigenvalue weighted by Gasteiger charge is 2.05. The minimum Gasteiger partial charge on any atom is -0.508 e. The summed E-state index contributed by atoms with van der Waals surface area (Å²) < 4.78 is 0.500. The van der Waals surface area contributed by atoms with Crippen LogP contribution in [0.4, 0.5) is 5.82 Å². The SMILES string of the molecule is O=c1[nH]cnc(NCc2ccccc2O)c1I. The Kier molecular flexibility index (Phi) is 3.62. The Hall–Kier alpha value is -1.57. The van der Waals surface area contributed by atoms with Gasteiger partial charge in [-0.25, -0.2) is 4.98 Å². The van der Waals surface area contributed by atoms with Crippen molar-refractivity contribution in [2.45, 2.75) is 6.54 Å². The maximum Gasteiger partial charge on any atom is 0.266 e. The summed E-state index contributed by atoms with van der Waals surface area (Å²) in [5.74, 6) is 0.734. The van der Waals surface area contributed by atoms with E-state index in [0.29, 0.717) is 15.9 Å². The van der Waals surface area contributed by atoms with Crippen LogP contribution in [0.25, 0.3) is 0 Å². The first kappa shape index (κ1) is 11.9. The van der Waals surface area contributed by atoms with Gasteiger partial charge in [0.15, 0.2) is 0 Å². The summed E-state index contributed by atoms with van der Waals surface area (Å²) in [4.78, 5) is 17.8. The van der Waals surface area contributed by atoms with Gasteiger partial charge >= 0.3 is 0 Å². The summed E-state index contributed by atoms with van der Waals surface area (Å²) in [5, 5.41) is 12.6. The number of anilines is 1. The smallest absolute Gasteiger partial charge is 0.266 e. The minimum absolute atomic E-state index is 0.180. The highest BCUT2D eigenvalue weighted by Crippen LogP contribution is 2.17. The number of hydrogen-bond donors (Lipinski definition) is 3. The molecule has 0 saturated heterocycles. The van der Waals surface area contributed by atoms with E-state index in [4.69, 9.17) is 0 Å². The van der Waals surface area contributed by atoms with Crippen LogP contribution in [-0.2, 0) is 6.54 Å². The third-order valence-corrected chi connectivity index (χ3v) is 3.24. The number of nitrogens with one attached hydrogen (secondary N) is 2. The predicted octanol–water partition coefficient (Wildman–Crippen LogP) is 1.69. The standard InChI is InChI=1S/C11H10IN3O2/c12-9-10(14-6-15-11(9)17)13-5-7-3-1-2-4-8(7)16/h1-4,6,16H,5H2,(H2,13,14,15,17). The van der Waals surface area contributed by atoms with Crippen LogP contribution in [0.5, 0.6) is 5.75 Å². The molecular formula is C11H10IN3O2. The highest BCUT2D eigenvalue weighted by atomic mass is 127. The zero-order valence-electron chi connectivity index (χ0n) is 8.77. The second-order valence-electron chi connectivity index (χ2n) is 3.38. The number of benzene rings is 1. The van der Waals surface area contributed by atoms with Crippen molar-refractivity contribution in [2.24, 2.45) is 0 Å². The van der Waals surface area contributed by atoms with E-state index in [0.717, 1.165) is 5.56 Å². The Labute approximate surface area is 111 Å². The van der Waals surface area contributed by atoms with Gasteiger partial charge in [0, 0.05) is 12.1 Å². The number of rotatable bonds is 3. The first-order valence-corrected chi connectivity index (χ1v) is 6.00. The van der Waals surface area contributed by atoms with E-state index >= 15 is 0 Å². The van der Waals surface area contributed by atoms with Gasteiger partial charge < -0.3 is 15.4 Å². The van der Waals surface area contributed by atoms with Crippen LogP contribution in [0.15, 0.2) is 35.4 Å². The van der Waals surface area contributed by atoms with Crippen molar-refractivity contribution in [3.05, 3.63) is 50.1 Å². The lowest BCUT2D eigenvalue weighted by Crippen LogP contribution is -2.14. The van der Waals surface area contributed by atoms with E-state index in [1.807, 2.05) is 34.7 Å². The molecule has 0 bridgehead atoms. The Morgan fingerprint density at radius 1 is 1.41 bits per heavy atom. The summed E-state index contributed by atoms with van der Waals surface area (Å²) in [6.45, 7) is 0.416. The second kappa shape index (κ2) is 5.17. The molecule has 0 aliphatic carbocycles. The Morgan fingerprint density at radius 2 is 2.18 bits per heavy atom. The van der Waals surface area contributed by atoms with Gasteiger partial charge in [-0.1, -0.05) is 18.2 Å². The largest absolute Gasteiger partial charge is 0.508 e. The monoisotopic (exact) mass is 343 g/mol. The average Bonchev–Trinajstić information content (AvgIpc) is 2.33. The fraction of sp³-hybridized carbons (Fsp3) is 0.0909. The number of aromatic hydroxyl groups is 1. The number of H-pyrrole nitrogens is 1. The number of aromatic amines is 1. The van der Waals surface area contributed by atoms with Crippen molar-refractivity contribution < 1.29 is 5.11 Å². The van der Waals surface area contributed by atoms with Gasteiger partial charge in [0.2, 0.25) is 0 Å². The van der Waals surface area contributed by atoms with Crippen LogP contribution >= 0.6 is 22.6 Å². The molecular weight excluding hydrogens is 333 g/mol. The van der Waals surface area contributed by atoms with Gasteiger partial charge in [-0.3, -0.25) is 4.79 Å². The van der Waals surface area contributed by atoms with Gasteiger partial charge in [0.1, 0.15) is 15.1 Å². The topological polar surface area (TPSA) is 78.0 Å². The molecule has 1 heterocycles. The van der Waals surface area contributed by atoms with Gasteiger partial charge in [-0.05, 0) is 28.7 Å². The van der Waals surface area contributed by atoms with Gasteiger partial charge in [-0.2, -0.15) is 0 Å². The summed E-state index contributed by atoms with van der Waals surface area (Å²) in [6, 6.07) is 7.02. The molecule has 0 saturated carbocycles. The summed E-state index contributed by atoms with van der Waals surface area (Å²) in [5.41, 5.74) is 0.575. The molecule has 0 aliphatic rings. The minimum atomic E-state index is -0.180. The van der Waals surface area contributed by atoms with E-state index < -0.39 is 0 Å². The van der Waals surface area contributed by atoms with Crippen LogP contribution in [0, 0.1) is 3.57 Å². The molecule has 2 rings (SSSR count). The maximum atomic E-state index is 11.3. The number of hydrogen-bond acceptors (Lipinski definition) is 4. The molecule has 0 spiro atoms. The van der Waals surface area contributed by atoms with E-state index in [1.54, 1.807) is 12.1 Å². The lowest BCUT2D eigenvalue weighted by Gasteiger charge is -2.07. The Balaban J connectivity index is 2.16. The zero-order chi connectivity index (χ0) is 12.3. The molecule has 88 valence electrons. The lowest BCUT2D eigenvalue weighted by atomic mass is 10.2. The van der Waals surface area contributed by atoms with Crippen LogP contribution in [0.1, 0.15) is 5.56 Å². The van der Waals surface area contributed by atoms with Crippen molar-refractivity contribution in [1.82, 2.24) is 9.97 Å². The summed E-state index contributed by atoms with van der Waals surface area (Å²) in [7, 11) is 0. The van der Waals surface area contributed by atoms with Gasteiger partial charge in [-0.15, -0.1) is 0 Å². The van der Waals surface area contributed by atoms with Crippen LogP contribution in [0.2, 0.25) is 0 Å². The normalized spacial score (nSPS) is 10.2. The second-order valence-corrected chi connectivity index (χ2v) is 4.46. The van der Waals surface area contributed by atoms with Crippen molar-refractivity contribution >= 4 is 28.4 Å². The van der Waals surface area contributed by atoms with E-state index in [1.165, 1.54) is 6.33 Å². The Morgan fingerprint density at radius 3 is 2.94 bits per heavy atom. The maximum absolute atomic E-state index is 11.3. The molecule has 1 aromatic heterocycles. The number of phenolic OH excluding ortho intramolecular Hbond substituents is 1. The number of para-hydroxylation sites is 1. The number of aromatic nitrogens is 2. The van der Waals surface area contributed by atoms with Gasteiger partial charge in [0.05, 0.1) is 6.33 Å². The van der Waals surface area contributed by atoms with Crippen molar-refractivity contribution in [3.8, 4) is 5.75 Å². The number of nitrogens with zero attached hydrogens (tertiary/aromatic N) is 1. The van der Waals surface area contributed by atoms with Crippen molar-refractivity contribution in [2.75, 3.05) is 5.32 Å². The van der Waals surface area contributed by atoms with Crippen LogP contribution in [-0.4, -0.2) is 15.1 Å². The quantitative estimate of drug-likeness (QED) is 0.742. The molecule has 5 nitrogen and oxygen atoms in total. The molecule has 0 aliphatic heterocycles.